The van der Waals surface area contributed by atoms with Crippen molar-refractivity contribution in [1.82, 2.24) is 15.3 Å². The van der Waals surface area contributed by atoms with E-state index in [1.54, 1.807) is 4.90 Å². The van der Waals surface area contributed by atoms with Gasteiger partial charge in [0.15, 0.2) is 6.61 Å². The third-order valence-electron chi connectivity index (χ3n) is 3.23. The number of carbonyl (C=O) groups is 2. The highest BCUT2D eigenvalue weighted by atomic mass is 16.7. The number of urea groups is 1. The number of nitrogens with one attached hydrogen (secondary N) is 1. The molecular formula is C10H17N3O4. The molecule has 1 atom stereocenters. The molecule has 0 spiro atoms. The number of aliphatic carboxylic acids is 1. The molecule has 0 bridgehead atoms. The molecule has 96 valence electrons. The molecule has 7 nitrogen and oxygen atoms in total. The van der Waals surface area contributed by atoms with Gasteiger partial charge in [-0.1, -0.05) is 0 Å². The van der Waals surface area contributed by atoms with E-state index >= 15 is 0 Å². The Bertz CT molecular complexity index is 310. The van der Waals surface area contributed by atoms with Crippen LogP contribution in [0.2, 0.25) is 0 Å². The average Bonchev–Trinajstić information content (AvgIpc) is 2.75. The highest BCUT2D eigenvalue weighted by Gasteiger charge is 2.32. The number of hydrogen-bond donors (Lipinski definition) is 2. The maximum absolute atomic E-state index is 11.6. The van der Waals surface area contributed by atoms with Crippen LogP contribution in [0.4, 0.5) is 4.79 Å². The number of rotatable bonds is 3. The van der Waals surface area contributed by atoms with Crippen molar-refractivity contribution in [3.8, 4) is 0 Å². The van der Waals surface area contributed by atoms with Gasteiger partial charge >= 0.3 is 12.0 Å². The Kier molecular flexibility index (Phi) is 3.80. The Morgan fingerprint density at radius 2 is 2.18 bits per heavy atom. The second-order valence-electron chi connectivity index (χ2n) is 4.37. The van der Waals surface area contributed by atoms with Crippen molar-refractivity contribution in [2.24, 2.45) is 0 Å². The van der Waals surface area contributed by atoms with Crippen LogP contribution in [0.1, 0.15) is 12.8 Å². The van der Waals surface area contributed by atoms with Crippen LogP contribution in [-0.4, -0.2) is 65.7 Å². The van der Waals surface area contributed by atoms with E-state index in [-0.39, 0.29) is 6.03 Å². The summed E-state index contributed by atoms with van der Waals surface area (Å²) in [6.07, 6.45) is 2.31. The Morgan fingerprint density at radius 3 is 2.94 bits per heavy atom. The van der Waals surface area contributed by atoms with E-state index in [4.69, 9.17) is 5.11 Å². The second-order valence-corrected chi connectivity index (χ2v) is 4.37. The molecule has 2 heterocycles. The molecule has 2 aliphatic rings. The van der Waals surface area contributed by atoms with Gasteiger partial charge in [0, 0.05) is 25.7 Å². The van der Waals surface area contributed by atoms with Gasteiger partial charge in [-0.25, -0.2) is 15.1 Å². The predicted octanol–water partition coefficient (Wildman–Crippen LogP) is -0.508. The highest BCUT2D eigenvalue weighted by Crippen LogP contribution is 2.21. The van der Waals surface area contributed by atoms with Crippen molar-refractivity contribution < 1.29 is 19.5 Å². The van der Waals surface area contributed by atoms with Crippen molar-refractivity contribution >= 4 is 12.0 Å². The van der Waals surface area contributed by atoms with Gasteiger partial charge in [0.05, 0.1) is 0 Å². The smallest absolute Gasteiger partial charge is 0.341 e. The third kappa shape index (κ3) is 3.07. The molecule has 2 aliphatic heterocycles. The van der Waals surface area contributed by atoms with Crippen LogP contribution >= 0.6 is 0 Å². The number of piperazine rings is 1. The molecule has 2 amide bonds. The first-order valence-electron chi connectivity index (χ1n) is 5.79. The van der Waals surface area contributed by atoms with E-state index in [2.05, 4.69) is 15.2 Å². The number of amides is 2. The summed E-state index contributed by atoms with van der Waals surface area (Å²) in [4.78, 5) is 30.5. The molecular weight excluding hydrogens is 226 g/mol. The maximum atomic E-state index is 11.6. The standard InChI is InChI=1S/C10H17N3O4/c14-9(15)7-17-11-10(16)13-5-4-12-3-1-2-8(12)6-13/h8H,1-7H2,(H,11,16)(H,14,15). The molecule has 2 rings (SSSR count). The lowest BCUT2D eigenvalue weighted by Gasteiger charge is -2.37. The minimum absolute atomic E-state index is 0.349. The normalized spacial score (nSPS) is 24.5. The number of carbonyl (C=O) groups excluding carboxylic acids is 1. The zero-order chi connectivity index (χ0) is 12.3. The van der Waals surface area contributed by atoms with Crippen molar-refractivity contribution in [3.05, 3.63) is 0 Å². The number of hydrogen-bond acceptors (Lipinski definition) is 4. The summed E-state index contributed by atoms with van der Waals surface area (Å²) < 4.78 is 0. The molecule has 7 heteroatoms. The molecule has 0 aromatic heterocycles. The molecule has 0 radical (unpaired) electrons. The lowest BCUT2D eigenvalue weighted by molar-refractivity contribution is -0.144. The van der Waals surface area contributed by atoms with Crippen LogP contribution in [0.15, 0.2) is 0 Å². The van der Waals surface area contributed by atoms with Gasteiger partial charge in [-0.2, -0.15) is 0 Å². The lowest BCUT2D eigenvalue weighted by Crippen LogP contribution is -2.54. The van der Waals surface area contributed by atoms with Crippen molar-refractivity contribution in [2.45, 2.75) is 18.9 Å². The first kappa shape index (κ1) is 12.1. The van der Waals surface area contributed by atoms with Crippen LogP contribution in [0.5, 0.6) is 0 Å². The lowest BCUT2D eigenvalue weighted by atomic mass is 10.2. The highest BCUT2D eigenvalue weighted by molar-refractivity contribution is 5.74. The van der Waals surface area contributed by atoms with Gasteiger partial charge in [0.2, 0.25) is 0 Å². The minimum atomic E-state index is -1.11. The molecule has 2 N–H and O–H groups in total. The first-order valence-corrected chi connectivity index (χ1v) is 5.79. The quantitative estimate of drug-likeness (QED) is 0.653. The summed E-state index contributed by atoms with van der Waals surface area (Å²) in [6, 6.07) is 0.103. The summed E-state index contributed by atoms with van der Waals surface area (Å²) in [5.41, 5.74) is 2.15. The largest absolute Gasteiger partial charge is 0.479 e. The number of nitrogens with zero attached hydrogens (tertiary/aromatic N) is 2. The fraction of sp³-hybridized carbons (Fsp3) is 0.800. The molecule has 2 saturated heterocycles. The van der Waals surface area contributed by atoms with Gasteiger partial charge < -0.3 is 10.0 Å². The number of fused-ring (bicyclic) bond motifs is 1. The molecule has 2 fully saturated rings. The van der Waals surface area contributed by atoms with Gasteiger partial charge in [-0.05, 0) is 19.4 Å². The molecule has 0 aromatic carbocycles. The van der Waals surface area contributed by atoms with Crippen LogP contribution in [0.3, 0.4) is 0 Å². The topological polar surface area (TPSA) is 82.1 Å². The van der Waals surface area contributed by atoms with E-state index in [0.717, 1.165) is 19.5 Å². The Hall–Kier alpha value is -1.34. The van der Waals surface area contributed by atoms with Crippen LogP contribution in [0, 0.1) is 0 Å². The van der Waals surface area contributed by atoms with E-state index in [1.807, 2.05) is 0 Å². The zero-order valence-corrected chi connectivity index (χ0v) is 9.59. The average molecular weight is 243 g/mol. The van der Waals surface area contributed by atoms with Crippen LogP contribution < -0.4 is 5.48 Å². The summed E-state index contributed by atoms with van der Waals surface area (Å²) in [5, 5.41) is 8.36. The molecule has 0 aromatic rings. The molecule has 1 unspecified atom stereocenters. The number of carboxylic acid groups (broad SMARTS) is 1. The van der Waals surface area contributed by atoms with E-state index < -0.39 is 12.6 Å². The second kappa shape index (κ2) is 5.33. The van der Waals surface area contributed by atoms with E-state index in [9.17, 15) is 9.59 Å². The number of hydroxylamine groups is 1. The maximum Gasteiger partial charge on any atom is 0.341 e. The summed E-state index contributed by atoms with van der Waals surface area (Å²) in [5.74, 6) is -1.11. The Labute approximate surface area is 99.3 Å². The minimum Gasteiger partial charge on any atom is -0.479 e. The predicted molar refractivity (Wildman–Crippen MR) is 58.3 cm³/mol. The molecule has 17 heavy (non-hydrogen) atoms. The van der Waals surface area contributed by atoms with E-state index in [1.165, 1.54) is 6.42 Å². The summed E-state index contributed by atoms with van der Waals surface area (Å²) in [7, 11) is 0. The molecule has 0 saturated carbocycles. The van der Waals surface area contributed by atoms with Crippen molar-refractivity contribution in [2.75, 3.05) is 32.8 Å². The van der Waals surface area contributed by atoms with Crippen LogP contribution in [0.25, 0.3) is 0 Å². The third-order valence-corrected chi connectivity index (χ3v) is 3.23. The SMILES string of the molecule is O=C(O)CONC(=O)N1CCN2CCCC2C1. The van der Waals surface area contributed by atoms with Gasteiger partial charge in [0.1, 0.15) is 0 Å². The van der Waals surface area contributed by atoms with Crippen molar-refractivity contribution in [3.63, 3.8) is 0 Å². The van der Waals surface area contributed by atoms with Crippen molar-refractivity contribution in [1.29, 1.82) is 0 Å². The number of carboxylic acids is 1. The van der Waals surface area contributed by atoms with E-state index in [0.29, 0.717) is 19.1 Å². The fourth-order valence-electron chi connectivity index (χ4n) is 2.40. The monoisotopic (exact) mass is 243 g/mol. The Balaban J connectivity index is 1.74. The summed E-state index contributed by atoms with van der Waals surface area (Å²) >= 11 is 0. The molecule has 0 aliphatic carbocycles. The summed E-state index contributed by atoms with van der Waals surface area (Å²) in [6.45, 7) is 2.85. The van der Waals surface area contributed by atoms with Gasteiger partial charge in [-0.3, -0.25) is 9.74 Å². The fourth-order valence-corrected chi connectivity index (χ4v) is 2.40. The van der Waals surface area contributed by atoms with Crippen LogP contribution in [-0.2, 0) is 9.63 Å². The van der Waals surface area contributed by atoms with Gasteiger partial charge in [-0.15, -0.1) is 0 Å². The first-order chi connectivity index (χ1) is 8.16. The van der Waals surface area contributed by atoms with Gasteiger partial charge in [0.25, 0.3) is 0 Å². The Morgan fingerprint density at radius 1 is 1.35 bits per heavy atom. The zero-order valence-electron chi connectivity index (χ0n) is 9.59.